The van der Waals surface area contributed by atoms with E-state index < -0.39 is 16.0 Å². The van der Waals surface area contributed by atoms with E-state index >= 15 is 0 Å². The number of hydrogen-bond donors (Lipinski definition) is 2. The van der Waals surface area contributed by atoms with Crippen molar-refractivity contribution in [3.63, 3.8) is 0 Å². The number of halogens is 1. The molecule has 2 heterocycles. The zero-order valence-electron chi connectivity index (χ0n) is 16.6. The van der Waals surface area contributed by atoms with Gasteiger partial charge in [-0.05, 0) is 30.3 Å². The lowest BCUT2D eigenvalue weighted by atomic mass is 10.1. The van der Waals surface area contributed by atoms with Crippen molar-refractivity contribution in [3.05, 3.63) is 64.6 Å². The van der Waals surface area contributed by atoms with Gasteiger partial charge in [-0.3, -0.25) is 4.98 Å². The van der Waals surface area contributed by atoms with Gasteiger partial charge in [-0.15, -0.1) is 0 Å². The Balaban J connectivity index is 1.93. The highest BCUT2D eigenvalue weighted by Gasteiger charge is 2.30. The average Bonchev–Trinajstić information content (AvgIpc) is 2.80. The minimum Gasteiger partial charge on any atom is -0.478 e. The van der Waals surface area contributed by atoms with E-state index in [-0.39, 0.29) is 53.8 Å². The van der Waals surface area contributed by atoms with Crippen molar-refractivity contribution in [3.8, 4) is 0 Å². The van der Waals surface area contributed by atoms with Crippen LogP contribution in [0.15, 0.2) is 47.5 Å². The van der Waals surface area contributed by atoms with Gasteiger partial charge in [-0.25, -0.2) is 18.1 Å². The molecule has 0 atom stereocenters. The van der Waals surface area contributed by atoms with Crippen molar-refractivity contribution < 1.29 is 23.1 Å². The summed E-state index contributed by atoms with van der Waals surface area (Å²) in [7, 11) is -3.97. The molecule has 2 N–H and O–H groups in total. The first-order valence-electron chi connectivity index (χ1n) is 9.49. The van der Waals surface area contributed by atoms with Crippen LogP contribution < -0.4 is 5.32 Å². The summed E-state index contributed by atoms with van der Waals surface area (Å²) in [6.07, 6.45) is 1.25. The fourth-order valence-corrected chi connectivity index (χ4v) is 5.10. The molecule has 0 radical (unpaired) electrons. The maximum atomic E-state index is 13.4. The Bertz CT molecular complexity index is 1360. The number of nitrogens with zero attached hydrogens (tertiary/aromatic N) is 3. The SMILES string of the molecule is [C-]#[N+]c1ccc(Nc2c(S(=O)(=O)N3CCOCC3)cnc3ccc(Cl)cc23)c(C(=O)O)c1. The number of rotatable bonds is 5. The lowest BCUT2D eigenvalue weighted by molar-refractivity contribution is 0.0698. The van der Waals surface area contributed by atoms with Crippen molar-refractivity contribution >= 4 is 55.6 Å². The number of pyridine rings is 1. The fourth-order valence-electron chi connectivity index (χ4n) is 3.42. The Kier molecular flexibility index (Phi) is 5.99. The maximum Gasteiger partial charge on any atom is 0.336 e. The van der Waals surface area contributed by atoms with Crippen LogP contribution in [0.4, 0.5) is 17.1 Å². The van der Waals surface area contributed by atoms with Gasteiger partial charge in [-0.2, -0.15) is 4.31 Å². The highest BCUT2D eigenvalue weighted by molar-refractivity contribution is 7.89. The number of benzene rings is 2. The van der Waals surface area contributed by atoms with Gasteiger partial charge in [0.15, 0.2) is 5.69 Å². The molecule has 4 rings (SSSR count). The van der Waals surface area contributed by atoms with Crippen LogP contribution in [0, 0.1) is 6.57 Å². The molecule has 0 unspecified atom stereocenters. The van der Waals surface area contributed by atoms with Crippen LogP contribution in [0.5, 0.6) is 0 Å². The first kappa shape index (κ1) is 22.0. The summed E-state index contributed by atoms with van der Waals surface area (Å²) < 4.78 is 33.5. The van der Waals surface area contributed by atoms with Crippen LogP contribution in [-0.4, -0.2) is 55.1 Å². The molecule has 32 heavy (non-hydrogen) atoms. The third kappa shape index (κ3) is 4.11. The summed E-state index contributed by atoms with van der Waals surface area (Å²) >= 11 is 6.17. The number of sulfonamides is 1. The van der Waals surface area contributed by atoms with Gasteiger partial charge in [0.25, 0.3) is 0 Å². The number of morpholine rings is 1. The predicted molar refractivity (Wildman–Crippen MR) is 119 cm³/mol. The molecule has 11 heteroatoms. The molecule has 0 spiro atoms. The number of aromatic carboxylic acids is 1. The van der Waals surface area contributed by atoms with Gasteiger partial charge in [0.05, 0.1) is 42.2 Å². The second-order valence-corrected chi connectivity index (χ2v) is 9.29. The largest absolute Gasteiger partial charge is 0.478 e. The molecule has 9 nitrogen and oxygen atoms in total. The minimum absolute atomic E-state index is 0.111. The summed E-state index contributed by atoms with van der Waals surface area (Å²) in [4.78, 5) is 19.2. The fraction of sp³-hybridized carbons (Fsp3) is 0.190. The summed E-state index contributed by atoms with van der Waals surface area (Å²) in [6.45, 7) is 8.06. The van der Waals surface area contributed by atoms with Crippen LogP contribution in [0.3, 0.4) is 0 Å². The Morgan fingerprint density at radius 2 is 1.97 bits per heavy atom. The Labute approximate surface area is 189 Å². The molecular formula is C21H17ClN4O5S. The lowest BCUT2D eigenvalue weighted by Gasteiger charge is -2.27. The number of nitrogens with one attached hydrogen (secondary N) is 1. The van der Waals surface area contributed by atoms with E-state index in [1.807, 2.05) is 0 Å². The first-order chi connectivity index (χ1) is 15.3. The van der Waals surface area contributed by atoms with Gasteiger partial charge < -0.3 is 15.2 Å². The van der Waals surface area contributed by atoms with Crippen molar-refractivity contribution in [2.45, 2.75) is 4.90 Å². The van der Waals surface area contributed by atoms with Gasteiger partial charge in [0, 0.05) is 29.7 Å². The van der Waals surface area contributed by atoms with E-state index in [0.717, 1.165) is 0 Å². The molecule has 3 aromatic rings. The molecule has 1 fully saturated rings. The van der Waals surface area contributed by atoms with E-state index in [1.165, 1.54) is 28.7 Å². The van der Waals surface area contributed by atoms with Crippen molar-refractivity contribution in [2.75, 3.05) is 31.6 Å². The van der Waals surface area contributed by atoms with Gasteiger partial charge in [0.1, 0.15) is 4.90 Å². The van der Waals surface area contributed by atoms with E-state index in [2.05, 4.69) is 15.1 Å². The molecule has 0 aliphatic carbocycles. The third-order valence-corrected chi connectivity index (χ3v) is 7.15. The Hall–Kier alpha value is -3.23. The molecule has 0 amide bonds. The smallest absolute Gasteiger partial charge is 0.336 e. The van der Waals surface area contributed by atoms with Gasteiger partial charge in [0.2, 0.25) is 10.0 Å². The number of aromatic nitrogens is 1. The molecule has 2 aromatic carbocycles. The number of fused-ring (bicyclic) bond motifs is 1. The molecule has 1 saturated heterocycles. The number of carbonyl (C=O) groups is 1. The lowest BCUT2D eigenvalue weighted by Crippen LogP contribution is -2.40. The van der Waals surface area contributed by atoms with Crippen LogP contribution >= 0.6 is 11.6 Å². The second kappa shape index (κ2) is 8.72. The van der Waals surface area contributed by atoms with Gasteiger partial charge in [-0.1, -0.05) is 17.7 Å². The zero-order chi connectivity index (χ0) is 22.9. The summed E-state index contributed by atoms with van der Waals surface area (Å²) in [5.74, 6) is -1.26. The van der Waals surface area contributed by atoms with Crippen LogP contribution in [0.25, 0.3) is 15.7 Å². The number of carboxylic acid groups (broad SMARTS) is 1. The summed E-state index contributed by atoms with van der Waals surface area (Å²) in [5, 5.41) is 13.4. The first-order valence-corrected chi connectivity index (χ1v) is 11.3. The highest BCUT2D eigenvalue weighted by atomic mass is 35.5. The number of anilines is 2. The van der Waals surface area contributed by atoms with Crippen molar-refractivity contribution in [2.24, 2.45) is 0 Å². The molecule has 1 aromatic heterocycles. The number of carboxylic acids is 1. The zero-order valence-corrected chi connectivity index (χ0v) is 18.2. The van der Waals surface area contributed by atoms with Crippen LogP contribution in [0.1, 0.15) is 10.4 Å². The quantitative estimate of drug-likeness (QED) is 0.541. The van der Waals surface area contributed by atoms with E-state index in [0.29, 0.717) is 15.9 Å². The van der Waals surface area contributed by atoms with Crippen molar-refractivity contribution in [1.82, 2.24) is 9.29 Å². The molecule has 164 valence electrons. The number of ether oxygens (including phenoxy) is 1. The summed E-state index contributed by atoms with van der Waals surface area (Å²) in [5.41, 5.74) is 0.752. The number of hydrogen-bond acceptors (Lipinski definition) is 6. The summed E-state index contributed by atoms with van der Waals surface area (Å²) in [6, 6.07) is 8.95. The third-order valence-electron chi connectivity index (χ3n) is 5.01. The van der Waals surface area contributed by atoms with E-state index in [9.17, 15) is 18.3 Å². The van der Waals surface area contributed by atoms with Gasteiger partial charge >= 0.3 is 5.97 Å². The molecule has 0 saturated carbocycles. The molecule has 1 aliphatic heterocycles. The second-order valence-electron chi connectivity index (χ2n) is 6.95. The molecule has 0 bridgehead atoms. The van der Waals surface area contributed by atoms with Crippen LogP contribution in [0.2, 0.25) is 5.02 Å². The predicted octanol–water partition coefficient (Wildman–Crippen LogP) is 3.90. The van der Waals surface area contributed by atoms with Crippen molar-refractivity contribution in [1.29, 1.82) is 0 Å². The van der Waals surface area contributed by atoms with E-state index in [4.69, 9.17) is 22.9 Å². The van der Waals surface area contributed by atoms with E-state index in [1.54, 1.807) is 18.2 Å². The highest BCUT2D eigenvalue weighted by Crippen LogP contribution is 2.36. The normalized spacial score (nSPS) is 14.8. The topological polar surface area (TPSA) is 113 Å². The maximum absolute atomic E-state index is 13.4. The monoisotopic (exact) mass is 472 g/mol. The Morgan fingerprint density at radius 3 is 2.66 bits per heavy atom. The standard InChI is InChI=1S/C21H17ClN4O5S/c1-23-14-3-5-18(16(11-14)21(27)28)25-20-15-10-13(22)2-4-17(15)24-12-19(20)32(29,30)26-6-8-31-9-7-26/h2-5,10-12H,6-9H2,(H,24,25)(H,27,28). The Morgan fingerprint density at radius 1 is 1.22 bits per heavy atom. The van der Waals surface area contributed by atoms with Crippen LogP contribution in [-0.2, 0) is 14.8 Å². The average molecular weight is 473 g/mol. The minimum atomic E-state index is -3.97. The molecule has 1 aliphatic rings. The molecular weight excluding hydrogens is 456 g/mol.